The van der Waals surface area contributed by atoms with Gasteiger partial charge in [-0.3, -0.25) is 14.5 Å². The van der Waals surface area contributed by atoms with E-state index in [1.54, 1.807) is 7.05 Å². The van der Waals surface area contributed by atoms with Crippen LogP contribution in [0, 0.1) is 5.92 Å². The average molecular weight is 354 g/mol. The predicted molar refractivity (Wildman–Crippen MR) is 101 cm³/mol. The first-order valence-electron chi connectivity index (χ1n) is 9.57. The molecule has 2 bridgehead atoms. The molecule has 3 aliphatic heterocycles. The van der Waals surface area contributed by atoms with Crippen LogP contribution >= 0.6 is 0 Å². The first-order valence-corrected chi connectivity index (χ1v) is 9.57. The number of hydrogen-bond donors (Lipinski definition) is 0. The number of carbonyl (C=O) groups is 1. The van der Waals surface area contributed by atoms with E-state index in [9.17, 15) is 9.59 Å². The van der Waals surface area contributed by atoms with Crippen LogP contribution in [0.25, 0.3) is 11.0 Å². The Hall–Kier alpha value is -2.21. The van der Waals surface area contributed by atoms with Crippen LogP contribution in [-0.2, 0) is 7.05 Å². The van der Waals surface area contributed by atoms with Gasteiger partial charge >= 0.3 is 0 Å². The third-order valence-corrected chi connectivity index (χ3v) is 5.81. The molecule has 0 saturated carbocycles. The van der Waals surface area contributed by atoms with Crippen LogP contribution in [0.5, 0.6) is 0 Å². The lowest BCUT2D eigenvalue weighted by Crippen LogP contribution is -2.45. The minimum atomic E-state index is -0.310. The predicted octanol–water partition coefficient (Wildman–Crippen LogP) is 1.88. The molecule has 138 valence electrons. The van der Waals surface area contributed by atoms with Crippen molar-refractivity contribution >= 4 is 16.9 Å². The molecule has 4 heterocycles. The largest absolute Gasteiger partial charge is 0.335 e. The lowest BCUT2D eigenvalue weighted by molar-refractivity contribution is 0.0730. The van der Waals surface area contributed by atoms with Gasteiger partial charge < -0.3 is 9.47 Å². The number of piperidine rings is 1. The maximum Gasteiger partial charge on any atom is 0.282 e. The number of nitrogens with zero attached hydrogens (tertiary/aromatic N) is 4. The monoisotopic (exact) mass is 354 g/mol. The highest BCUT2D eigenvalue weighted by molar-refractivity contribution is 5.94. The van der Waals surface area contributed by atoms with Crippen LogP contribution in [0.1, 0.15) is 36.7 Å². The molecule has 2 atom stereocenters. The summed E-state index contributed by atoms with van der Waals surface area (Å²) in [6.45, 7) is 5.77. The van der Waals surface area contributed by atoms with E-state index >= 15 is 0 Å². The van der Waals surface area contributed by atoms with Crippen LogP contribution in [0.15, 0.2) is 29.1 Å². The number of para-hydroxylation sites is 2. The summed E-state index contributed by atoms with van der Waals surface area (Å²) >= 11 is 0. The normalized spacial score (nSPS) is 23.4. The number of carbonyl (C=O) groups excluding carboxylic acids is 1. The second-order valence-corrected chi connectivity index (χ2v) is 7.62. The highest BCUT2D eigenvalue weighted by Gasteiger charge is 2.37. The maximum atomic E-state index is 13.2. The molecule has 26 heavy (non-hydrogen) atoms. The fourth-order valence-electron chi connectivity index (χ4n) is 4.47. The molecule has 0 N–H and O–H groups in total. The van der Waals surface area contributed by atoms with Crippen molar-refractivity contribution < 1.29 is 4.79 Å². The Balaban J connectivity index is 1.67. The van der Waals surface area contributed by atoms with E-state index in [0.29, 0.717) is 24.0 Å². The summed E-state index contributed by atoms with van der Waals surface area (Å²) in [5, 5.41) is 0. The minimum Gasteiger partial charge on any atom is -0.335 e. The molecule has 0 spiro atoms. The number of aryl methyl sites for hydroxylation is 1. The Kier molecular flexibility index (Phi) is 4.53. The number of rotatable bonds is 3. The van der Waals surface area contributed by atoms with Gasteiger partial charge in [0.15, 0.2) is 5.69 Å². The SMILES string of the molecule is CCCN1C[C@H]2CC[C@@H]1CN(C(=O)c1nc3ccccc3n(C)c1=O)C2. The van der Waals surface area contributed by atoms with Gasteiger partial charge in [0.2, 0.25) is 0 Å². The van der Waals surface area contributed by atoms with Crippen LogP contribution in [-0.4, -0.2) is 57.5 Å². The van der Waals surface area contributed by atoms with Gasteiger partial charge in [-0.15, -0.1) is 0 Å². The van der Waals surface area contributed by atoms with E-state index in [1.165, 1.54) is 4.57 Å². The first-order chi connectivity index (χ1) is 12.6. The van der Waals surface area contributed by atoms with Gasteiger partial charge in [-0.25, -0.2) is 4.98 Å². The summed E-state index contributed by atoms with van der Waals surface area (Å²) in [7, 11) is 1.71. The fraction of sp³-hybridized carbons (Fsp3) is 0.550. The molecule has 0 aliphatic carbocycles. The Morgan fingerprint density at radius 2 is 2.00 bits per heavy atom. The van der Waals surface area contributed by atoms with Gasteiger partial charge in [-0.2, -0.15) is 0 Å². The summed E-state index contributed by atoms with van der Waals surface area (Å²) < 4.78 is 1.53. The number of benzene rings is 1. The van der Waals surface area contributed by atoms with Crippen molar-refractivity contribution in [3.05, 3.63) is 40.3 Å². The highest BCUT2D eigenvalue weighted by Crippen LogP contribution is 2.28. The third kappa shape index (κ3) is 2.92. The molecule has 0 unspecified atom stereocenters. The number of hydrogen-bond acceptors (Lipinski definition) is 4. The van der Waals surface area contributed by atoms with Gasteiger partial charge in [0, 0.05) is 32.7 Å². The van der Waals surface area contributed by atoms with Crippen molar-refractivity contribution in [2.75, 3.05) is 26.2 Å². The highest BCUT2D eigenvalue weighted by atomic mass is 16.2. The molecule has 1 amide bonds. The van der Waals surface area contributed by atoms with Crippen molar-refractivity contribution in [3.8, 4) is 0 Å². The van der Waals surface area contributed by atoms with Crippen LogP contribution in [0.2, 0.25) is 0 Å². The van der Waals surface area contributed by atoms with Gasteiger partial charge in [0.25, 0.3) is 11.5 Å². The summed E-state index contributed by atoms with van der Waals surface area (Å²) in [6, 6.07) is 7.86. The van der Waals surface area contributed by atoms with Crippen LogP contribution in [0.3, 0.4) is 0 Å². The molecule has 0 radical (unpaired) electrons. The zero-order valence-corrected chi connectivity index (χ0v) is 15.5. The molecule has 6 nitrogen and oxygen atoms in total. The van der Waals surface area contributed by atoms with E-state index in [-0.39, 0.29) is 17.2 Å². The second-order valence-electron chi connectivity index (χ2n) is 7.62. The number of amides is 1. The van der Waals surface area contributed by atoms with Crippen molar-refractivity contribution in [2.24, 2.45) is 13.0 Å². The number of aromatic nitrogens is 2. The Morgan fingerprint density at radius 1 is 1.19 bits per heavy atom. The van der Waals surface area contributed by atoms with Crippen molar-refractivity contribution in [3.63, 3.8) is 0 Å². The molecule has 2 aromatic rings. The quantitative estimate of drug-likeness (QED) is 0.844. The fourth-order valence-corrected chi connectivity index (χ4v) is 4.47. The van der Waals surface area contributed by atoms with Gasteiger partial charge in [0.1, 0.15) is 0 Å². The molecular formula is C20H26N4O2. The van der Waals surface area contributed by atoms with E-state index in [0.717, 1.165) is 44.4 Å². The maximum absolute atomic E-state index is 13.2. The summed E-state index contributed by atoms with van der Waals surface area (Å²) in [5.74, 6) is 0.278. The Morgan fingerprint density at radius 3 is 2.81 bits per heavy atom. The summed E-state index contributed by atoms with van der Waals surface area (Å²) in [4.78, 5) is 34.7. The van der Waals surface area contributed by atoms with E-state index in [1.807, 2.05) is 29.2 Å². The minimum absolute atomic E-state index is 0.0505. The zero-order chi connectivity index (χ0) is 18.3. The zero-order valence-electron chi connectivity index (χ0n) is 15.5. The van der Waals surface area contributed by atoms with Gasteiger partial charge in [-0.05, 0) is 43.9 Å². The van der Waals surface area contributed by atoms with Gasteiger partial charge in [0.05, 0.1) is 11.0 Å². The topological polar surface area (TPSA) is 58.4 Å². The van der Waals surface area contributed by atoms with E-state index in [4.69, 9.17) is 0 Å². The molecule has 3 aliphatic rings. The van der Waals surface area contributed by atoms with Crippen LogP contribution in [0.4, 0.5) is 0 Å². The molecule has 1 aromatic heterocycles. The summed E-state index contributed by atoms with van der Waals surface area (Å²) in [5.41, 5.74) is 1.17. The molecule has 6 heteroatoms. The van der Waals surface area contributed by atoms with Crippen molar-refractivity contribution in [1.82, 2.24) is 19.4 Å². The average Bonchev–Trinajstić information content (AvgIpc) is 2.96. The molecule has 5 rings (SSSR count). The molecule has 3 fully saturated rings. The Labute approximate surface area is 153 Å². The van der Waals surface area contributed by atoms with Crippen LogP contribution < -0.4 is 5.56 Å². The third-order valence-electron chi connectivity index (χ3n) is 5.81. The van der Waals surface area contributed by atoms with Crippen molar-refractivity contribution in [2.45, 2.75) is 32.2 Å². The second kappa shape index (κ2) is 6.83. The standard InChI is InChI=1S/C20H26N4O2/c1-3-10-23-11-14-8-9-15(23)13-24(12-14)20(26)18-19(25)22(2)17-7-5-4-6-16(17)21-18/h4-7,14-15H,3,8-13H2,1-2H3/t14-,15-/m1/s1. The lowest BCUT2D eigenvalue weighted by atomic mass is 9.95. The number of fused-ring (bicyclic) bond motifs is 5. The van der Waals surface area contributed by atoms with Gasteiger partial charge in [-0.1, -0.05) is 19.1 Å². The van der Waals surface area contributed by atoms with E-state index in [2.05, 4.69) is 16.8 Å². The van der Waals surface area contributed by atoms with E-state index < -0.39 is 0 Å². The lowest BCUT2D eigenvalue weighted by Gasteiger charge is -2.35. The first kappa shape index (κ1) is 17.2. The van der Waals surface area contributed by atoms with Crippen molar-refractivity contribution in [1.29, 1.82) is 0 Å². The molecular weight excluding hydrogens is 328 g/mol. The Bertz CT molecular complexity index is 891. The molecule has 3 saturated heterocycles. The smallest absolute Gasteiger partial charge is 0.282 e. The summed E-state index contributed by atoms with van der Waals surface area (Å²) in [6.07, 6.45) is 3.43. The molecule has 1 aromatic carbocycles.